The van der Waals surface area contributed by atoms with E-state index >= 15 is 0 Å². The SMILES string of the molecule is COc1ccc(C2CCCCC2C#N)c(OC)c1OC. The largest absolute Gasteiger partial charge is 0.493 e. The number of methoxy groups -OCH3 is 3. The predicted octanol–water partition coefficient (Wildman–Crippen LogP) is 3.51. The summed E-state index contributed by atoms with van der Waals surface area (Å²) in [6.07, 6.45) is 4.26. The van der Waals surface area contributed by atoms with Gasteiger partial charge in [0, 0.05) is 11.5 Å². The van der Waals surface area contributed by atoms with E-state index in [4.69, 9.17) is 14.2 Å². The molecule has 1 fully saturated rings. The molecule has 0 heterocycles. The minimum absolute atomic E-state index is 0.0516. The Kier molecular flexibility index (Phi) is 4.73. The van der Waals surface area contributed by atoms with Gasteiger partial charge in [-0.15, -0.1) is 0 Å². The summed E-state index contributed by atoms with van der Waals surface area (Å²) in [6.45, 7) is 0. The smallest absolute Gasteiger partial charge is 0.203 e. The first-order valence-electron chi connectivity index (χ1n) is 6.95. The molecule has 2 atom stereocenters. The van der Waals surface area contributed by atoms with Crippen molar-refractivity contribution in [3.63, 3.8) is 0 Å². The van der Waals surface area contributed by atoms with Crippen LogP contribution in [0.4, 0.5) is 0 Å². The van der Waals surface area contributed by atoms with Gasteiger partial charge in [-0.3, -0.25) is 0 Å². The van der Waals surface area contributed by atoms with Crippen LogP contribution in [0.3, 0.4) is 0 Å². The fourth-order valence-electron chi connectivity index (χ4n) is 3.07. The van der Waals surface area contributed by atoms with Crippen LogP contribution >= 0.6 is 0 Å². The maximum absolute atomic E-state index is 9.37. The lowest BCUT2D eigenvalue weighted by Crippen LogP contribution is -2.17. The normalized spacial score (nSPS) is 21.9. The fraction of sp³-hybridized carbons (Fsp3) is 0.562. The van der Waals surface area contributed by atoms with Crippen molar-refractivity contribution >= 4 is 0 Å². The van der Waals surface area contributed by atoms with Crippen molar-refractivity contribution in [2.45, 2.75) is 31.6 Å². The van der Waals surface area contributed by atoms with Gasteiger partial charge in [-0.1, -0.05) is 18.9 Å². The number of ether oxygens (including phenoxy) is 3. The minimum Gasteiger partial charge on any atom is -0.493 e. The molecule has 0 spiro atoms. The lowest BCUT2D eigenvalue weighted by Gasteiger charge is -2.29. The van der Waals surface area contributed by atoms with E-state index in [2.05, 4.69) is 6.07 Å². The molecule has 2 unspecified atom stereocenters. The zero-order chi connectivity index (χ0) is 14.5. The molecule has 20 heavy (non-hydrogen) atoms. The summed E-state index contributed by atoms with van der Waals surface area (Å²) < 4.78 is 16.3. The third kappa shape index (κ3) is 2.53. The number of hydrogen-bond acceptors (Lipinski definition) is 4. The summed E-state index contributed by atoms with van der Waals surface area (Å²) in [5.74, 6) is 2.21. The molecule has 0 aromatic heterocycles. The van der Waals surface area contributed by atoms with Gasteiger partial charge in [0.25, 0.3) is 0 Å². The average molecular weight is 275 g/mol. The summed E-state index contributed by atoms with van der Waals surface area (Å²) in [7, 11) is 4.84. The number of nitrogens with zero attached hydrogens (tertiary/aromatic N) is 1. The van der Waals surface area contributed by atoms with Crippen LogP contribution in [0.15, 0.2) is 12.1 Å². The molecule has 1 aromatic rings. The fourth-order valence-corrected chi connectivity index (χ4v) is 3.07. The van der Waals surface area contributed by atoms with Crippen LogP contribution in [0.5, 0.6) is 17.2 Å². The van der Waals surface area contributed by atoms with Crippen molar-refractivity contribution < 1.29 is 14.2 Å². The Morgan fingerprint density at radius 1 is 1.00 bits per heavy atom. The second kappa shape index (κ2) is 6.51. The monoisotopic (exact) mass is 275 g/mol. The minimum atomic E-state index is 0.0516. The number of hydrogen-bond donors (Lipinski definition) is 0. The highest BCUT2D eigenvalue weighted by Crippen LogP contribution is 2.47. The molecule has 0 saturated heterocycles. The van der Waals surface area contributed by atoms with Gasteiger partial charge < -0.3 is 14.2 Å². The van der Waals surface area contributed by atoms with Gasteiger partial charge in [-0.2, -0.15) is 5.26 Å². The van der Waals surface area contributed by atoms with E-state index in [9.17, 15) is 5.26 Å². The Bertz CT molecular complexity index is 507. The van der Waals surface area contributed by atoms with Gasteiger partial charge in [-0.25, -0.2) is 0 Å². The summed E-state index contributed by atoms with van der Waals surface area (Å²) in [6, 6.07) is 6.33. The van der Waals surface area contributed by atoms with Gasteiger partial charge in [0.1, 0.15) is 0 Å². The Labute approximate surface area is 120 Å². The van der Waals surface area contributed by atoms with Gasteiger partial charge in [0.05, 0.1) is 33.3 Å². The molecule has 2 rings (SSSR count). The van der Waals surface area contributed by atoms with Gasteiger partial charge in [0.15, 0.2) is 11.5 Å². The molecule has 4 heteroatoms. The molecule has 1 saturated carbocycles. The maximum atomic E-state index is 9.37. The van der Waals surface area contributed by atoms with Crippen LogP contribution in [0.1, 0.15) is 37.2 Å². The Morgan fingerprint density at radius 2 is 1.70 bits per heavy atom. The summed E-state index contributed by atoms with van der Waals surface area (Å²) in [4.78, 5) is 0. The molecular formula is C16H21NO3. The van der Waals surface area contributed by atoms with Crippen molar-refractivity contribution in [3.8, 4) is 23.3 Å². The zero-order valence-electron chi connectivity index (χ0n) is 12.3. The standard InChI is InChI=1S/C16H21NO3/c1-18-14-9-8-13(15(19-2)16(14)20-3)12-7-5-4-6-11(12)10-17/h8-9,11-12H,4-7H2,1-3H3. The highest BCUT2D eigenvalue weighted by molar-refractivity contribution is 5.57. The number of rotatable bonds is 4. The van der Waals surface area contributed by atoms with E-state index in [1.807, 2.05) is 12.1 Å². The van der Waals surface area contributed by atoms with Crippen molar-refractivity contribution in [1.82, 2.24) is 0 Å². The molecule has 0 N–H and O–H groups in total. The Balaban J connectivity index is 2.48. The van der Waals surface area contributed by atoms with Gasteiger partial charge >= 0.3 is 0 Å². The highest BCUT2D eigenvalue weighted by atomic mass is 16.5. The number of benzene rings is 1. The molecule has 0 amide bonds. The van der Waals surface area contributed by atoms with E-state index in [-0.39, 0.29) is 11.8 Å². The number of nitriles is 1. The van der Waals surface area contributed by atoms with Crippen LogP contribution in [0.25, 0.3) is 0 Å². The predicted molar refractivity (Wildman–Crippen MR) is 76.4 cm³/mol. The van der Waals surface area contributed by atoms with Gasteiger partial charge in [-0.05, 0) is 18.9 Å². The second-order valence-corrected chi connectivity index (χ2v) is 5.05. The molecule has 108 valence electrons. The first kappa shape index (κ1) is 14.5. The van der Waals surface area contributed by atoms with E-state index < -0.39 is 0 Å². The lowest BCUT2D eigenvalue weighted by atomic mass is 9.76. The van der Waals surface area contributed by atoms with E-state index in [0.29, 0.717) is 17.2 Å². The summed E-state index contributed by atoms with van der Waals surface area (Å²) in [5, 5.41) is 9.37. The Hall–Kier alpha value is -1.89. The van der Waals surface area contributed by atoms with Crippen molar-refractivity contribution in [1.29, 1.82) is 5.26 Å². The maximum Gasteiger partial charge on any atom is 0.203 e. The summed E-state index contributed by atoms with van der Waals surface area (Å²) >= 11 is 0. The van der Waals surface area contributed by atoms with Gasteiger partial charge in [0.2, 0.25) is 5.75 Å². The van der Waals surface area contributed by atoms with Crippen molar-refractivity contribution in [2.24, 2.45) is 5.92 Å². The van der Waals surface area contributed by atoms with E-state index in [1.165, 1.54) is 0 Å². The molecule has 0 radical (unpaired) electrons. The quantitative estimate of drug-likeness (QED) is 0.843. The van der Waals surface area contributed by atoms with Crippen LogP contribution in [0.2, 0.25) is 0 Å². The third-order valence-electron chi connectivity index (χ3n) is 4.07. The lowest BCUT2D eigenvalue weighted by molar-refractivity contribution is 0.310. The highest BCUT2D eigenvalue weighted by Gasteiger charge is 2.30. The molecule has 0 aliphatic heterocycles. The molecule has 0 bridgehead atoms. The first-order chi connectivity index (χ1) is 9.76. The molecular weight excluding hydrogens is 254 g/mol. The zero-order valence-corrected chi connectivity index (χ0v) is 12.3. The topological polar surface area (TPSA) is 51.5 Å². The molecule has 1 aliphatic carbocycles. The molecule has 1 aromatic carbocycles. The average Bonchev–Trinajstić information content (AvgIpc) is 2.53. The van der Waals surface area contributed by atoms with Crippen LogP contribution < -0.4 is 14.2 Å². The van der Waals surface area contributed by atoms with Crippen molar-refractivity contribution in [2.75, 3.05) is 21.3 Å². The van der Waals surface area contributed by atoms with Crippen LogP contribution in [0, 0.1) is 17.2 Å². The van der Waals surface area contributed by atoms with Crippen LogP contribution in [-0.2, 0) is 0 Å². The third-order valence-corrected chi connectivity index (χ3v) is 4.07. The molecule has 4 nitrogen and oxygen atoms in total. The van der Waals surface area contributed by atoms with E-state index in [0.717, 1.165) is 31.2 Å². The second-order valence-electron chi connectivity index (χ2n) is 5.05. The van der Waals surface area contributed by atoms with E-state index in [1.54, 1.807) is 21.3 Å². The van der Waals surface area contributed by atoms with Crippen LogP contribution in [-0.4, -0.2) is 21.3 Å². The van der Waals surface area contributed by atoms with Crippen molar-refractivity contribution in [3.05, 3.63) is 17.7 Å². The Morgan fingerprint density at radius 3 is 2.30 bits per heavy atom. The summed E-state index contributed by atoms with van der Waals surface area (Å²) in [5.41, 5.74) is 1.05. The molecule has 1 aliphatic rings. The first-order valence-corrected chi connectivity index (χ1v) is 6.95.